The van der Waals surface area contributed by atoms with Crippen LogP contribution in [-0.4, -0.2) is 46.3 Å². The van der Waals surface area contributed by atoms with Crippen LogP contribution in [0.4, 0.5) is 0 Å². The van der Waals surface area contributed by atoms with Gasteiger partial charge in [-0.1, -0.05) is 18.2 Å². The molecule has 1 atom stereocenters. The fourth-order valence-electron chi connectivity index (χ4n) is 2.66. The summed E-state index contributed by atoms with van der Waals surface area (Å²) in [7, 11) is 0. The molecule has 1 aromatic heterocycles. The normalized spacial score (nSPS) is 17.9. The van der Waals surface area contributed by atoms with Crippen LogP contribution < -0.4 is 5.32 Å². The maximum atomic E-state index is 12.4. The van der Waals surface area contributed by atoms with Crippen molar-refractivity contribution in [2.45, 2.75) is 19.4 Å². The third kappa shape index (κ3) is 3.67. The highest BCUT2D eigenvalue weighted by Crippen LogP contribution is 2.11. The molecule has 0 aliphatic carbocycles. The summed E-state index contributed by atoms with van der Waals surface area (Å²) < 4.78 is 1.81. The van der Waals surface area contributed by atoms with Crippen molar-refractivity contribution in [3.63, 3.8) is 0 Å². The first-order chi connectivity index (χ1) is 10.2. The minimum atomic E-state index is 0. The number of rotatable bonds is 3. The lowest BCUT2D eigenvalue weighted by molar-refractivity contribution is -0.133. The zero-order valence-corrected chi connectivity index (χ0v) is 13.4. The van der Waals surface area contributed by atoms with E-state index >= 15 is 0 Å². The van der Waals surface area contributed by atoms with Crippen LogP contribution in [0.3, 0.4) is 0 Å². The van der Waals surface area contributed by atoms with Gasteiger partial charge < -0.3 is 10.2 Å². The molecule has 6 heteroatoms. The molecule has 0 saturated carbocycles. The number of benzene rings is 1. The smallest absolute Gasteiger partial charge is 0.227 e. The second-order valence-electron chi connectivity index (χ2n) is 5.45. The average Bonchev–Trinajstić information content (AvgIpc) is 2.97. The van der Waals surface area contributed by atoms with E-state index in [1.165, 1.54) is 0 Å². The summed E-state index contributed by atoms with van der Waals surface area (Å²) in [5.74, 6) is 0.177. The molecule has 1 aromatic carbocycles. The first-order valence-electron chi connectivity index (χ1n) is 7.33. The summed E-state index contributed by atoms with van der Waals surface area (Å²) in [5, 5.41) is 7.64. The number of halogens is 1. The van der Waals surface area contributed by atoms with Gasteiger partial charge in [0.2, 0.25) is 5.91 Å². The topological polar surface area (TPSA) is 50.2 Å². The Hall–Kier alpha value is -1.85. The summed E-state index contributed by atoms with van der Waals surface area (Å²) in [6, 6.07) is 10.2. The van der Waals surface area contributed by atoms with E-state index in [2.05, 4.69) is 17.3 Å². The molecule has 2 aromatic rings. The predicted octanol–water partition coefficient (Wildman–Crippen LogP) is 1.66. The Labute approximate surface area is 136 Å². The first kappa shape index (κ1) is 16.5. The van der Waals surface area contributed by atoms with Crippen molar-refractivity contribution in [2.75, 3.05) is 19.6 Å². The van der Waals surface area contributed by atoms with E-state index in [0.717, 1.165) is 30.9 Å². The molecule has 1 amide bonds. The Morgan fingerprint density at radius 1 is 1.36 bits per heavy atom. The van der Waals surface area contributed by atoms with Crippen LogP contribution in [0, 0.1) is 0 Å². The molecule has 22 heavy (non-hydrogen) atoms. The predicted molar refractivity (Wildman–Crippen MR) is 88.6 cm³/mol. The first-order valence-corrected chi connectivity index (χ1v) is 7.33. The lowest BCUT2D eigenvalue weighted by Gasteiger charge is -2.34. The summed E-state index contributed by atoms with van der Waals surface area (Å²) in [6.07, 6.45) is 4.12. The van der Waals surface area contributed by atoms with Crippen LogP contribution in [0.1, 0.15) is 12.5 Å². The molecule has 0 spiro atoms. The van der Waals surface area contributed by atoms with Gasteiger partial charge in [0, 0.05) is 31.9 Å². The Morgan fingerprint density at radius 3 is 2.86 bits per heavy atom. The van der Waals surface area contributed by atoms with Crippen LogP contribution in [0.25, 0.3) is 5.69 Å². The van der Waals surface area contributed by atoms with Crippen LogP contribution in [0.15, 0.2) is 42.7 Å². The number of amides is 1. The van der Waals surface area contributed by atoms with E-state index in [-0.39, 0.29) is 24.4 Å². The zero-order valence-electron chi connectivity index (χ0n) is 12.6. The fraction of sp³-hybridized carbons (Fsp3) is 0.375. The Kier molecular flexibility index (Phi) is 5.57. The number of aromatic nitrogens is 2. The van der Waals surface area contributed by atoms with E-state index in [1.54, 1.807) is 6.20 Å². The Morgan fingerprint density at radius 2 is 2.14 bits per heavy atom. The second kappa shape index (κ2) is 7.42. The summed E-state index contributed by atoms with van der Waals surface area (Å²) >= 11 is 0. The quantitative estimate of drug-likeness (QED) is 0.935. The highest BCUT2D eigenvalue weighted by atomic mass is 35.5. The molecule has 0 radical (unpaired) electrons. The third-order valence-electron chi connectivity index (χ3n) is 3.83. The van der Waals surface area contributed by atoms with Crippen LogP contribution in [-0.2, 0) is 11.2 Å². The Balaban J connectivity index is 0.00000176. The zero-order chi connectivity index (χ0) is 14.7. The van der Waals surface area contributed by atoms with Gasteiger partial charge in [-0.15, -0.1) is 12.4 Å². The van der Waals surface area contributed by atoms with Gasteiger partial charge in [-0.3, -0.25) is 4.79 Å². The van der Waals surface area contributed by atoms with Gasteiger partial charge in [0.15, 0.2) is 0 Å². The fourth-order valence-corrected chi connectivity index (χ4v) is 2.66. The van der Waals surface area contributed by atoms with Crippen molar-refractivity contribution in [1.82, 2.24) is 20.0 Å². The molecule has 3 rings (SSSR count). The van der Waals surface area contributed by atoms with Crippen LogP contribution in [0.2, 0.25) is 0 Å². The summed E-state index contributed by atoms with van der Waals surface area (Å²) in [4.78, 5) is 14.3. The van der Waals surface area contributed by atoms with E-state index in [0.29, 0.717) is 6.42 Å². The third-order valence-corrected chi connectivity index (χ3v) is 3.83. The molecule has 0 unspecified atom stereocenters. The van der Waals surface area contributed by atoms with Crippen molar-refractivity contribution < 1.29 is 4.79 Å². The number of carbonyl (C=O) groups excluding carboxylic acids is 1. The van der Waals surface area contributed by atoms with Crippen molar-refractivity contribution in [1.29, 1.82) is 0 Å². The van der Waals surface area contributed by atoms with E-state index in [4.69, 9.17) is 0 Å². The number of carbonyl (C=O) groups is 1. The number of piperazine rings is 1. The minimum absolute atomic E-state index is 0. The van der Waals surface area contributed by atoms with Gasteiger partial charge in [-0.05, 0) is 24.6 Å². The number of para-hydroxylation sites is 1. The van der Waals surface area contributed by atoms with Gasteiger partial charge >= 0.3 is 0 Å². The van der Waals surface area contributed by atoms with Gasteiger partial charge in [-0.25, -0.2) is 4.68 Å². The van der Waals surface area contributed by atoms with Gasteiger partial charge in [0.25, 0.3) is 0 Å². The molecule has 1 aliphatic heterocycles. The molecule has 2 heterocycles. The largest absolute Gasteiger partial charge is 0.337 e. The molecule has 1 aliphatic rings. The van der Waals surface area contributed by atoms with Gasteiger partial charge in [0.05, 0.1) is 18.3 Å². The molecule has 1 saturated heterocycles. The average molecular weight is 321 g/mol. The van der Waals surface area contributed by atoms with Crippen molar-refractivity contribution in [3.8, 4) is 5.69 Å². The van der Waals surface area contributed by atoms with Crippen molar-refractivity contribution in [2.24, 2.45) is 0 Å². The molecule has 1 fully saturated rings. The SMILES string of the molecule is C[C@H]1CNCCN1C(=O)Cc1cnn(-c2ccccc2)c1.Cl. The highest BCUT2D eigenvalue weighted by molar-refractivity contribution is 5.85. The lowest BCUT2D eigenvalue weighted by atomic mass is 10.1. The highest BCUT2D eigenvalue weighted by Gasteiger charge is 2.23. The standard InChI is InChI=1S/C16H20N4O.ClH/c1-13-10-17-7-8-19(13)16(21)9-14-11-18-20(12-14)15-5-3-2-4-6-15;/h2-6,11-13,17H,7-10H2,1H3;1H/t13-;/m0./s1. The molecule has 0 bridgehead atoms. The second-order valence-corrected chi connectivity index (χ2v) is 5.45. The number of hydrogen-bond acceptors (Lipinski definition) is 3. The van der Waals surface area contributed by atoms with Crippen molar-refractivity contribution in [3.05, 3.63) is 48.3 Å². The summed E-state index contributed by atoms with van der Waals surface area (Å²) in [6.45, 7) is 4.61. The molecular weight excluding hydrogens is 300 g/mol. The number of hydrogen-bond donors (Lipinski definition) is 1. The van der Waals surface area contributed by atoms with E-state index in [9.17, 15) is 4.79 Å². The van der Waals surface area contributed by atoms with Crippen LogP contribution in [0.5, 0.6) is 0 Å². The monoisotopic (exact) mass is 320 g/mol. The molecule has 1 N–H and O–H groups in total. The van der Waals surface area contributed by atoms with Gasteiger partial charge in [-0.2, -0.15) is 5.10 Å². The molecular formula is C16H21ClN4O. The number of nitrogens with zero attached hydrogens (tertiary/aromatic N) is 3. The van der Waals surface area contributed by atoms with Gasteiger partial charge in [0.1, 0.15) is 0 Å². The Bertz CT molecular complexity index is 614. The molecule has 5 nitrogen and oxygen atoms in total. The maximum absolute atomic E-state index is 12.4. The van der Waals surface area contributed by atoms with E-state index < -0.39 is 0 Å². The number of nitrogens with one attached hydrogen (secondary N) is 1. The summed E-state index contributed by atoms with van der Waals surface area (Å²) in [5.41, 5.74) is 1.96. The maximum Gasteiger partial charge on any atom is 0.227 e. The van der Waals surface area contributed by atoms with Crippen LogP contribution >= 0.6 is 12.4 Å². The van der Waals surface area contributed by atoms with Crippen molar-refractivity contribution >= 4 is 18.3 Å². The van der Waals surface area contributed by atoms with E-state index in [1.807, 2.05) is 46.1 Å². The lowest BCUT2D eigenvalue weighted by Crippen LogP contribution is -2.52. The molecule has 118 valence electrons. The minimum Gasteiger partial charge on any atom is -0.337 e.